The van der Waals surface area contributed by atoms with Gasteiger partial charge in [-0.15, -0.1) is 0 Å². The fraction of sp³-hybridized carbons (Fsp3) is 0.250. The summed E-state index contributed by atoms with van der Waals surface area (Å²) < 4.78 is 35.1. The van der Waals surface area contributed by atoms with Crippen molar-refractivity contribution in [3.05, 3.63) is 95.6 Å². The second-order valence-electron chi connectivity index (χ2n) is 7.09. The zero-order valence-corrected chi connectivity index (χ0v) is 18.9. The van der Waals surface area contributed by atoms with Crippen molar-refractivity contribution >= 4 is 8.80 Å². The molecular weight excluding hydrogens is 412 g/mol. The van der Waals surface area contributed by atoms with Crippen LogP contribution in [-0.2, 0) is 30.4 Å². The molecule has 0 radical (unpaired) electrons. The van der Waals surface area contributed by atoms with Gasteiger partial charge in [0.1, 0.15) is 11.5 Å². The number of benzene rings is 3. The van der Waals surface area contributed by atoms with Crippen molar-refractivity contribution in [3.8, 4) is 11.5 Å². The molecule has 4 rings (SSSR count). The Morgan fingerprint density at radius 3 is 1.94 bits per heavy atom. The summed E-state index contributed by atoms with van der Waals surface area (Å²) in [5, 5.41) is 0. The van der Waals surface area contributed by atoms with Gasteiger partial charge in [0.25, 0.3) is 5.79 Å². The molecular formula is C24H26O6Si. The third-order valence-electron chi connectivity index (χ3n) is 5.37. The molecule has 31 heavy (non-hydrogen) atoms. The fourth-order valence-corrected chi connectivity index (χ4v) is 4.78. The lowest BCUT2D eigenvalue weighted by atomic mass is 9.95. The molecule has 1 heterocycles. The molecule has 0 unspecified atom stereocenters. The molecule has 0 N–H and O–H groups in total. The first kappa shape index (κ1) is 21.5. The molecule has 0 bridgehead atoms. The molecule has 3 aromatic carbocycles. The van der Waals surface area contributed by atoms with Crippen LogP contribution in [0.5, 0.6) is 11.5 Å². The largest absolute Gasteiger partial charge is 0.539 e. The van der Waals surface area contributed by atoms with Gasteiger partial charge in [0.2, 0.25) is 0 Å². The topological polar surface area (TPSA) is 55.4 Å². The first-order valence-electron chi connectivity index (χ1n) is 10.00. The summed E-state index contributed by atoms with van der Waals surface area (Å²) in [6.07, 6.45) is 0.203. The Balaban J connectivity index is 1.62. The summed E-state index contributed by atoms with van der Waals surface area (Å²) in [6, 6.07) is 25.6. The maximum Gasteiger partial charge on any atom is 0.539 e. The summed E-state index contributed by atoms with van der Waals surface area (Å²) in [5.41, 5.74) is 2.77. The minimum Gasteiger partial charge on any atom is -0.489 e. The van der Waals surface area contributed by atoms with E-state index in [0.29, 0.717) is 12.4 Å². The minimum atomic E-state index is -2.83. The monoisotopic (exact) mass is 438 g/mol. The molecule has 0 spiro atoms. The van der Waals surface area contributed by atoms with Crippen molar-refractivity contribution in [2.24, 2.45) is 0 Å². The maximum atomic E-state index is 6.51. The molecule has 0 aliphatic carbocycles. The SMILES string of the molecule is CO[Si](COc1ccc2c(c1)COC(c1ccccc1)(c1ccccc1)O2)(OC)OC. The van der Waals surface area contributed by atoms with E-state index in [1.54, 1.807) is 21.3 Å². The van der Waals surface area contributed by atoms with Crippen LogP contribution in [0, 0.1) is 0 Å². The Hall–Kier alpha value is -2.68. The van der Waals surface area contributed by atoms with Gasteiger partial charge < -0.3 is 27.5 Å². The van der Waals surface area contributed by atoms with Crippen molar-refractivity contribution in [1.82, 2.24) is 0 Å². The highest BCUT2D eigenvalue weighted by Gasteiger charge is 2.42. The maximum absolute atomic E-state index is 6.51. The molecule has 0 aromatic heterocycles. The summed E-state index contributed by atoms with van der Waals surface area (Å²) in [7, 11) is 1.85. The molecule has 3 aromatic rings. The Morgan fingerprint density at radius 1 is 0.806 bits per heavy atom. The molecule has 162 valence electrons. The zero-order valence-electron chi connectivity index (χ0n) is 17.9. The van der Waals surface area contributed by atoms with Crippen molar-refractivity contribution in [2.75, 3.05) is 27.6 Å². The summed E-state index contributed by atoms with van der Waals surface area (Å²) in [4.78, 5) is 0. The lowest BCUT2D eigenvalue weighted by molar-refractivity contribution is -0.184. The van der Waals surface area contributed by atoms with Gasteiger partial charge in [-0.05, 0) is 18.2 Å². The van der Waals surface area contributed by atoms with Crippen molar-refractivity contribution in [2.45, 2.75) is 12.4 Å². The van der Waals surface area contributed by atoms with Crippen molar-refractivity contribution in [3.63, 3.8) is 0 Å². The highest BCUT2D eigenvalue weighted by Crippen LogP contribution is 2.43. The predicted molar refractivity (Wildman–Crippen MR) is 118 cm³/mol. The quantitative estimate of drug-likeness (QED) is 0.489. The first-order valence-corrected chi connectivity index (χ1v) is 11.9. The average molecular weight is 439 g/mol. The number of rotatable bonds is 8. The smallest absolute Gasteiger partial charge is 0.489 e. The minimum absolute atomic E-state index is 0.203. The van der Waals surface area contributed by atoms with E-state index < -0.39 is 14.6 Å². The van der Waals surface area contributed by atoms with E-state index >= 15 is 0 Å². The van der Waals surface area contributed by atoms with Crippen LogP contribution in [0.2, 0.25) is 0 Å². The molecule has 0 saturated heterocycles. The van der Waals surface area contributed by atoms with Gasteiger partial charge in [0.15, 0.2) is 6.23 Å². The predicted octanol–water partition coefficient (Wildman–Crippen LogP) is 4.29. The first-order chi connectivity index (χ1) is 15.1. The number of hydrogen-bond acceptors (Lipinski definition) is 6. The highest BCUT2D eigenvalue weighted by atomic mass is 28.4. The average Bonchev–Trinajstić information content (AvgIpc) is 2.86. The second-order valence-corrected chi connectivity index (χ2v) is 9.97. The van der Waals surface area contributed by atoms with Crippen LogP contribution in [0.3, 0.4) is 0 Å². The normalized spacial score (nSPS) is 15.1. The van der Waals surface area contributed by atoms with Gasteiger partial charge in [-0.1, -0.05) is 60.7 Å². The Bertz CT molecular complexity index is 944. The van der Waals surface area contributed by atoms with E-state index in [1.807, 2.05) is 78.9 Å². The summed E-state index contributed by atoms with van der Waals surface area (Å²) in [5.74, 6) is 0.406. The summed E-state index contributed by atoms with van der Waals surface area (Å²) in [6.45, 7) is 0.373. The van der Waals surface area contributed by atoms with Gasteiger partial charge in [0, 0.05) is 38.0 Å². The Morgan fingerprint density at radius 2 is 1.39 bits per heavy atom. The van der Waals surface area contributed by atoms with Crippen LogP contribution in [0.25, 0.3) is 0 Å². The van der Waals surface area contributed by atoms with Crippen LogP contribution >= 0.6 is 0 Å². The fourth-order valence-electron chi connectivity index (χ4n) is 3.59. The van der Waals surface area contributed by atoms with E-state index in [-0.39, 0.29) is 6.23 Å². The van der Waals surface area contributed by atoms with E-state index in [2.05, 4.69) is 0 Å². The molecule has 1 aliphatic heterocycles. The van der Waals surface area contributed by atoms with Crippen LogP contribution < -0.4 is 9.47 Å². The lowest BCUT2D eigenvalue weighted by Crippen LogP contribution is -2.49. The zero-order chi connectivity index (χ0) is 21.7. The van der Waals surface area contributed by atoms with Gasteiger partial charge in [-0.2, -0.15) is 0 Å². The third kappa shape index (κ3) is 4.23. The van der Waals surface area contributed by atoms with Crippen molar-refractivity contribution in [1.29, 1.82) is 0 Å². The van der Waals surface area contributed by atoms with Crippen LogP contribution in [-0.4, -0.2) is 36.4 Å². The third-order valence-corrected chi connectivity index (χ3v) is 7.74. The number of hydrogen-bond donors (Lipinski definition) is 0. The molecule has 1 aliphatic rings. The standard InChI is InChI=1S/C24H26O6Si/c1-25-31(26-2,27-3)18-28-22-14-15-23-19(16-22)17-29-24(30-23,20-10-6-4-7-11-20)21-12-8-5-9-13-21/h4-16H,17-18H2,1-3H3. The van der Waals surface area contributed by atoms with Gasteiger partial charge >= 0.3 is 8.80 Å². The molecule has 0 atom stereocenters. The van der Waals surface area contributed by atoms with E-state index in [1.165, 1.54) is 0 Å². The molecule has 7 heteroatoms. The second kappa shape index (κ2) is 9.21. The Kier molecular flexibility index (Phi) is 6.40. The van der Waals surface area contributed by atoms with E-state index in [4.69, 9.17) is 27.5 Å². The molecule has 0 amide bonds. The summed E-state index contributed by atoms with van der Waals surface area (Å²) >= 11 is 0. The number of ether oxygens (including phenoxy) is 3. The van der Waals surface area contributed by atoms with Gasteiger partial charge in [-0.3, -0.25) is 0 Å². The van der Waals surface area contributed by atoms with Crippen LogP contribution in [0.4, 0.5) is 0 Å². The molecule has 6 nitrogen and oxygen atoms in total. The van der Waals surface area contributed by atoms with Crippen LogP contribution in [0.15, 0.2) is 78.9 Å². The Labute approximate surface area is 183 Å². The van der Waals surface area contributed by atoms with Crippen molar-refractivity contribution < 1.29 is 27.5 Å². The molecule has 0 fully saturated rings. The number of fused-ring (bicyclic) bond motifs is 1. The molecule has 0 saturated carbocycles. The lowest BCUT2D eigenvalue weighted by Gasteiger charge is -2.39. The van der Waals surface area contributed by atoms with Gasteiger partial charge in [0.05, 0.1) is 6.61 Å². The van der Waals surface area contributed by atoms with Gasteiger partial charge in [-0.25, -0.2) is 0 Å². The van der Waals surface area contributed by atoms with E-state index in [9.17, 15) is 0 Å². The van der Waals surface area contributed by atoms with Crippen LogP contribution in [0.1, 0.15) is 16.7 Å². The van der Waals surface area contributed by atoms with E-state index in [0.717, 1.165) is 22.4 Å². The highest BCUT2D eigenvalue weighted by molar-refractivity contribution is 6.60.